The minimum atomic E-state index is -3.30. The van der Waals surface area contributed by atoms with E-state index in [0.29, 0.717) is 16.1 Å². The Kier molecular flexibility index (Phi) is 4.76. The summed E-state index contributed by atoms with van der Waals surface area (Å²) >= 11 is 4.53. The number of sulfonamides is 1. The zero-order valence-electron chi connectivity index (χ0n) is 8.68. The molecule has 0 N–H and O–H groups in total. The van der Waals surface area contributed by atoms with Gasteiger partial charge < -0.3 is 0 Å². The Morgan fingerprint density at radius 3 is 2.60 bits per heavy atom. The summed E-state index contributed by atoms with van der Waals surface area (Å²) in [4.78, 5) is 0. The maximum Gasteiger partial charge on any atom is 0.252 e. The number of thiophene rings is 1. The number of rotatable bonds is 5. The highest BCUT2D eigenvalue weighted by atomic mass is 79.9. The summed E-state index contributed by atoms with van der Waals surface area (Å²) in [6.07, 6.45) is 0. The van der Waals surface area contributed by atoms with Crippen LogP contribution in [0.5, 0.6) is 0 Å². The molecule has 3 nitrogen and oxygen atoms in total. The van der Waals surface area contributed by atoms with Gasteiger partial charge in [0.2, 0.25) is 0 Å². The Hall–Kier alpha value is 0.0900. The van der Waals surface area contributed by atoms with Gasteiger partial charge in [0.1, 0.15) is 4.21 Å². The lowest BCUT2D eigenvalue weighted by molar-refractivity contribution is 0.373. The molecule has 0 amide bonds. The van der Waals surface area contributed by atoms with E-state index in [0.717, 1.165) is 0 Å². The molecule has 0 unspecified atom stereocenters. The van der Waals surface area contributed by atoms with Crippen LogP contribution in [-0.4, -0.2) is 30.6 Å². The molecule has 0 fully saturated rings. The molecule has 0 radical (unpaired) electrons. The zero-order valence-corrected chi connectivity index (χ0v) is 11.9. The first-order valence-corrected chi connectivity index (χ1v) is 8.05. The first-order chi connectivity index (χ1) is 7.00. The summed E-state index contributed by atoms with van der Waals surface area (Å²) in [6, 6.07) is 3.38. The van der Waals surface area contributed by atoms with Gasteiger partial charge >= 0.3 is 0 Å². The Morgan fingerprint density at radius 2 is 2.20 bits per heavy atom. The molecule has 0 aliphatic rings. The third kappa shape index (κ3) is 3.03. The normalized spacial score (nSPS) is 12.6. The number of alkyl halides is 1. The third-order valence-corrected chi connectivity index (χ3v) is 5.74. The van der Waals surface area contributed by atoms with Crippen LogP contribution in [0.4, 0.5) is 0 Å². The molecule has 1 rings (SSSR count). The van der Waals surface area contributed by atoms with Crippen molar-refractivity contribution in [2.24, 2.45) is 0 Å². The van der Waals surface area contributed by atoms with Gasteiger partial charge in [0, 0.05) is 17.9 Å². The van der Waals surface area contributed by atoms with E-state index in [-0.39, 0.29) is 6.04 Å². The molecular formula is C9H14BrNO2S2. The van der Waals surface area contributed by atoms with Crippen LogP contribution in [0.2, 0.25) is 0 Å². The van der Waals surface area contributed by atoms with E-state index >= 15 is 0 Å². The highest BCUT2D eigenvalue weighted by molar-refractivity contribution is 9.09. The summed E-state index contributed by atoms with van der Waals surface area (Å²) in [5, 5.41) is 2.43. The molecule has 0 saturated heterocycles. The predicted molar refractivity (Wildman–Crippen MR) is 67.1 cm³/mol. The molecule has 0 atom stereocenters. The van der Waals surface area contributed by atoms with Crippen molar-refractivity contribution >= 4 is 37.3 Å². The third-order valence-electron chi connectivity index (χ3n) is 1.94. The van der Waals surface area contributed by atoms with Crippen LogP contribution < -0.4 is 0 Å². The molecule has 0 aromatic carbocycles. The van der Waals surface area contributed by atoms with Gasteiger partial charge in [-0.3, -0.25) is 0 Å². The number of hydrogen-bond donors (Lipinski definition) is 0. The molecule has 86 valence electrons. The zero-order chi connectivity index (χ0) is 11.5. The van der Waals surface area contributed by atoms with Crippen LogP contribution in [0.3, 0.4) is 0 Å². The maximum absolute atomic E-state index is 12.1. The summed E-state index contributed by atoms with van der Waals surface area (Å²) in [5.74, 6) is 0. The smallest absolute Gasteiger partial charge is 0.206 e. The lowest BCUT2D eigenvalue weighted by Gasteiger charge is -2.24. The maximum atomic E-state index is 12.1. The van der Waals surface area contributed by atoms with Crippen LogP contribution in [0.25, 0.3) is 0 Å². The molecule has 1 aromatic heterocycles. The fourth-order valence-corrected chi connectivity index (χ4v) is 4.64. The topological polar surface area (TPSA) is 37.4 Å². The molecule has 6 heteroatoms. The second kappa shape index (κ2) is 5.43. The minimum absolute atomic E-state index is 0.0188. The van der Waals surface area contributed by atoms with Crippen LogP contribution in [-0.2, 0) is 10.0 Å². The van der Waals surface area contributed by atoms with Gasteiger partial charge in [-0.25, -0.2) is 8.42 Å². The summed E-state index contributed by atoms with van der Waals surface area (Å²) in [7, 11) is -3.30. The van der Waals surface area contributed by atoms with E-state index in [2.05, 4.69) is 15.9 Å². The van der Waals surface area contributed by atoms with Crippen LogP contribution >= 0.6 is 27.3 Å². The first-order valence-electron chi connectivity index (χ1n) is 4.61. The van der Waals surface area contributed by atoms with Gasteiger partial charge in [0.25, 0.3) is 10.0 Å². The van der Waals surface area contributed by atoms with Crippen molar-refractivity contribution < 1.29 is 8.42 Å². The lowest BCUT2D eigenvalue weighted by atomic mass is 10.4. The van der Waals surface area contributed by atoms with E-state index in [1.165, 1.54) is 15.6 Å². The van der Waals surface area contributed by atoms with E-state index in [9.17, 15) is 8.42 Å². The molecule has 0 aliphatic carbocycles. The minimum Gasteiger partial charge on any atom is -0.206 e. The summed E-state index contributed by atoms with van der Waals surface area (Å²) < 4.78 is 26.2. The average molecular weight is 312 g/mol. The van der Waals surface area contributed by atoms with E-state index < -0.39 is 10.0 Å². The molecular weight excluding hydrogens is 298 g/mol. The second-order valence-corrected chi connectivity index (χ2v) is 7.19. The Morgan fingerprint density at radius 1 is 1.53 bits per heavy atom. The fourth-order valence-electron chi connectivity index (χ4n) is 1.27. The predicted octanol–water partition coefficient (Wildman–Crippen LogP) is 2.54. The van der Waals surface area contributed by atoms with E-state index in [1.54, 1.807) is 17.5 Å². The summed E-state index contributed by atoms with van der Waals surface area (Å²) in [6.45, 7) is 4.26. The van der Waals surface area contributed by atoms with Gasteiger partial charge in [0.15, 0.2) is 0 Å². The molecule has 0 saturated carbocycles. The molecule has 15 heavy (non-hydrogen) atoms. The number of hydrogen-bond acceptors (Lipinski definition) is 3. The van der Waals surface area contributed by atoms with Crippen LogP contribution in [0.15, 0.2) is 21.7 Å². The van der Waals surface area contributed by atoms with Crippen LogP contribution in [0, 0.1) is 0 Å². The largest absolute Gasteiger partial charge is 0.252 e. The van der Waals surface area contributed by atoms with E-state index in [4.69, 9.17) is 0 Å². The quantitative estimate of drug-likeness (QED) is 0.784. The Labute approximate surface area is 103 Å². The van der Waals surface area contributed by atoms with Crippen LogP contribution in [0.1, 0.15) is 13.8 Å². The molecule has 0 bridgehead atoms. The van der Waals surface area contributed by atoms with Gasteiger partial charge in [-0.2, -0.15) is 4.31 Å². The Bertz CT molecular complexity index is 386. The Balaban J connectivity index is 3.02. The number of halogens is 1. The van der Waals surface area contributed by atoms with Gasteiger partial charge in [0.05, 0.1) is 0 Å². The van der Waals surface area contributed by atoms with Gasteiger partial charge in [-0.15, -0.1) is 11.3 Å². The molecule has 0 spiro atoms. The molecule has 1 aromatic rings. The molecule has 0 aliphatic heterocycles. The number of nitrogens with zero attached hydrogens (tertiary/aromatic N) is 1. The van der Waals surface area contributed by atoms with Crippen molar-refractivity contribution in [1.82, 2.24) is 4.31 Å². The highest BCUT2D eigenvalue weighted by Gasteiger charge is 2.26. The monoisotopic (exact) mass is 311 g/mol. The average Bonchev–Trinajstić information content (AvgIpc) is 2.66. The van der Waals surface area contributed by atoms with Crippen molar-refractivity contribution in [3.05, 3.63) is 17.5 Å². The van der Waals surface area contributed by atoms with E-state index in [1.807, 2.05) is 13.8 Å². The van der Waals surface area contributed by atoms with Gasteiger partial charge in [-0.1, -0.05) is 22.0 Å². The SMILES string of the molecule is CC(C)N(CCBr)S(=O)(=O)c1cccs1. The van der Waals surface area contributed by atoms with Crippen molar-refractivity contribution in [3.63, 3.8) is 0 Å². The van der Waals surface area contributed by atoms with Crippen molar-refractivity contribution in [2.75, 3.05) is 11.9 Å². The van der Waals surface area contributed by atoms with Crippen molar-refractivity contribution in [1.29, 1.82) is 0 Å². The first kappa shape index (κ1) is 13.2. The highest BCUT2D eigenvalue weighted by Crippen LogP contribution is 2.22. The lowest BCUT2D eigenvalue weighted by Crippen LogP contribution is -2.37. The summed E-state index contributed by atoms with van der Waals surface area (Å²) in [5.41, 5.74) is 0. The second-order valence-electron chi connectivity index (χ2n) is 3.33. The molecule has 1 heterocycles. The standard InChI is InChI=1S/C9H14BrNO2S2/c1-8(2)11(6-5-10)15(12,13)9-4-3-7-14-9/h3-4,7-8H,5-6H2,1-2H3. The fraction of sp³-hybridized carbons (Fsp3) is 0.556. The van der Waals surface area contributed by atoms with Crippen molar-refractivity contribution in [2.45, 2.75) is 24.1 Å². The van der Waals surface area contributed by atoms with Gasteiger partial charge in [-0.05, 0) is 25.3 Å². The van der Waals surface area contributed by atoms with Crippen molar-refractivity contribution in [3.8, 4) is 0 Å².